The lowest BCUT2D eigenvalue weighted by Crippen LogP contribution is -2.51. The van der Waals surface area contributed by atoms with E-state index in [4.69, 9.17) is 4.74 Å². The fourth-order valence-corrected chi connectivity index (χ4v) is 3.02. The summed E-state index contributed by atoms with van der Waals surface area (Å²) in [5, 5.41) is 6.86. The lowest BCUT2D eigenvalue weighted by Gasteiger charge is -2.30. The summed E-state index contributed by atoms with van der Waals surface area (Å²) in [5.41, 5.74) is 0. The summed E-state index contributed by atoms with van der Waals surface area (Å²) in [5.74, 6) is 0.240. The van der Waals surface area contributed by atoms with Crippen LogP contribution >= 0.6 is 0 Å². The Morgan fingerprint density at radius 2 is 1.79 bits per heavy atom. The minimum absolute atomic E-state index is 0.0413. The summed E-state index contributed by atoms with van der Waals surface area (Å²) in [6.07, 6.45) is 6.86. The van der Waals surface area contributed by atoms with Crippen LogP contribution in [0.15, 0.2) is 0 Å². The number of rotatable bonds is 5. The summed E-state index contributed by atoms with van der Waals surface area (Å²) >= 11 is 0. The molecule has 110 valence electrons. The molecule has 1 aliphatic heterocycles. The number of nitrogens with one attached hydrogen (secondary N) is 2. The third-order valence-corrected chi connectivity index (χ3v) is 4.26. The zero-order chi connectivity index (χ0) is 13.7. The third kappa shape index (κ3) is 4.46. The van der Waals surface area contributed by atoms with Gasteiger partial charge >= 0.3 is 5.97 Å². The van der Waals surface area contributed by atoms with Crippen molar-refractivity contribution in [1.82, 2.24) is 10.6 Å². The molecule has 0 aromatic rings. The van der Waals surface area contributed by atoms with Crippen LogP contribution in [0.3, 0.4) is 0 Å². The van der Waals surface area contributed by atoms with Gasteiger partial charge in [-0.2, -0.15) is 0 Å². The van der Waals surface area contributed by atoms with Crippen molar-refractivity contribution in [3.63, 3.8) is 0 Å². The van der Waals surface area contributed by atoms with Gasteiger partial charge in [0.1, 0.15) is 12.1 Å². The Hall–Kier alpha value is -0.610. The van der Waals surface area contributed by atoms with Gasteiger partial charge in [-0.25, -0.2) is 0 Å². The summed E-state index contributed by atoms with van der Waals surface area (Å²) in [7, 11) is 0. The number of hydrogen-bond donors (Lipinski definition) is 2. The van der Waals surface area contributed by atoms with Gasteiger partial charge in [-0.3, -0.25) is 4.79 Å². The zero-order valence-electron chi connectivity index (χ0n) is 12.3. The fourth-order valence-electron chi connectivity index (χ4n) is 3.02. The topological polar surface area (TPSA) is 50.4 Å². The van der Waals surface area contributed by atoms with Crippen molar-refractivity contribution < 1.29 is 9.53 Å². The molecule has 2 N–H and O–H groups in total. The van der Waals surface area contributed by atoms with Crippen LogP contribution in [0.25, 0.3) is 0 Å². The average molecular weight is 268 g/mol. The number of carbonyl (C=O) groups is 1. The minimum Gasteiger partial charge on any atom is -0.461 e. The van der Waals surface area contributed by atoms with Crippen molar-refractivity contribution in [3.05, 3.63) is 0 Å². The maximum atomic E-state index is 12.3. The number of piperidine rings is 1. The van der Waals surface area contributed by atoms with Gasteiger partial charge in [0.25, 0.3) is 0 Å². The van der Waals surface area contributed by atoms with E-state index in [-0.39, 0.29) is 24.0 Å². The zero-order valence-corrected chi connectivity index (χ0v) is 12.3. The summed E-state index contributed by atoms with van der Waals surface area (Å²) in [6.45, 7) is 6.27. The Bertz CT molecular complexity index is 282. The maximum Gasteiger partial charge on any atom is 0.323 e. The number of hydrogen-bond acceptors (Lipinski definition) is 4. The predicted molar refractivity (Wildman–Crippen MR) is 76.0 cm³/mol. The van der Waals surface area contributed by atoms with Gasteiger partial charge in [-0.1, -0.05) is 13.8 Å². The molecule has 0 aromatic heterocycles. The first-order valence-electron chi connectivity index (χ1n) is 7.84. The van der Waals surface area contributed by atoms with Gasteiger partial charge < -0.3 is 15.4 Å². The Balaban J connectivity index is 1.84. The molecule has 0 spiro atoms. The van der Waals surface area contributed by atoms with Gasteiger partial charge in [0.05, 0.1) is 0 Å². The minimum atomic E-state index is -0.149. The van der Waals surface area contributed by atoms with Crippen molar-refractivity contribution in [3.8, 4) is 0 Å². The largest absolute Gasteiger partial charge is 0.461 e. The first kappa shape index (κ1) is 14.8. The molecule has 0 amide bonds. The van der Waals surface area contributed by atoms with Crippen LogP contribution in [0.1, 0.15) is 52.4 Å². The van der Waals surface area contributed by atoms with E-state index in [1.165, 1.54) is 12.8 Å². The van der Waals surface area contributed by atoms with Crippen LogP contribution in [-0.4, -0.2) is 37.2 Å². The van der Waals surface area contributed by atoms with Gasteiger partial charge in [-0.15, -0.1) is 0 Å². The molecule has 1 saturated heterocycles. The predicted octanol–water partition coefficient (Wildman–Crippen LogP) is 1.84. The number of esters is 1. The third-order valence-electron chi connectivity index (χ3n) is 4.26. The van der Waals surface area contributed by atoms with Crippen molar-refractivity contribution in [2.24, 2.45) is 5.92 Å². The molecule has 1 saturated carbocycles. The SMILES string of the molecule is CC(C)[C@H](NC1CCNCC1)C(=O)OC1CCCC1. The number of carbonyl (C=O) groups excluding carboxylic acids is 1. The molecule has 0 bridgehead atoms. The van der Waals surface area contributed by atoms with Gasteiger partial charge in [0.15, 0.2) is 0 Å². The summed E-state index contributed by atoms with van der Waals surface area (Å²) in [4.78, 5) is 12.3. The summed E-state index contributed by atoms with van der Waals surface area (Å²) in [6, 6.07) is 0.300. The summed E-state index contributed by atoms with van der Waals surface area (Å²) < 4.78 is 5.66. The van der Waals surface area contributed by atoms with E-state index in [2.05, 4.69) is 24.5 Å². The van der Waals surface area contributed by atoms with Crippen molar-refractivity contribution in [2.75, 3.05) is 13.1 Å². The van der Waals surface area contributed by atoms with Crippen LogP contribution < -0.4 is 10.6 Å². The molecule has 2 aliphatic rings. The highest BCUT2D eigenvalue weighted by Crippen LogP contribution is 2.22. The van der Waals surface area contributed by atoms with E-state index in [1.807, 2.05) is 0 Å². The first-order chi connectivity index (χ1) is 9.16. The van der Waals surface area contributed by atoms with Crippen LogP contribution in [0.5, 0.6) is 0 Å². The Morgan fingerprint density at radius 1 is 1.16 bits per heavy atom. The van der Waals surface area contributed by atoms with E-state index in [9.17, 15) is 4.79 Å². The molecular weight excluding hydrogens is 240 g/mol. The molecule has 1 aliphatic carbocycles. The van der Waals surface area contributed by atoms with Gasteiger partial charge in [0.2, 0.25) is 0 Å². The molecule has 0 radical (unpaired) electrons. The monoisotopic (exact) mass is 268 g/mol. The Labute approximate surface area is 116 Å². The van der Waals surface area contributed by atoms with Crippen molar-refractivity contribution >= 4 is 5.97 Å². The van der Waals surface area contributed by atoms with E-state index in [0.717, 1.165) is 38.8 Å². The highest BCUT2D eigenvalue weighted by molar-refractivity contribution is 5.76. The Morgan fingerprint density at radius 3 is 2.37 bits per heavy atom. The molecule has 2 fully saturated rings. The molecule has 0 aromatic carbocycles. The van der Waals surface area contributed by atoms with Crippen LogP contribution in [-0.2, 0) is 9.53 Å². The molecule has 2 rings (SSSR count). The lowest BCUT2D eigenvalue weighted by atomic mass is 10.00. The van der Waals surface area contributed by atoms with E-state index in [0.29, 0.717) is 6.04 Å². The number of ether oxygens (including phenoxy) is 1. The lowest BCUT2D eigenvalue weighted by molar-refractivity contribution is -0.152. The van der Waals surface area contributed by atoms with Gasteiger partial charge in [0, 0.05) is 6.04 Å². The average Bonchev–Trinajstić information content (AvgIpc) is 2.89. The highest BCUT2D eigenvalue weighted by Gasteiger charge is 2.29. The molecule has 19 heavy (non-hydrogen) atoms. The molecule has 0 unspecified atom stereocenters. The maximum absolute atomic E-state index is 12.3. The Kier molecular flexibility index (Phi) is 5.64. The van der Waals surface area contributed by atoms with Crippen LogP contribution in [0.4, 0.5) is 0 Å². The molecule has 4 nitrogen and oxygen atoms in total. The molecule has 4 heteroatoms. The second-order valence-electron chi connectivity index (χ2n) is 6.26. The van der Waals surface area contributed by atoms with Crippen molar-refractivity contribution in [1.29, 1.82) is 0 Å². The molecule has 1 atom stereocenters. The van der Waals surface area contributed by atoms with Crippen LogP contribution in [0, 0.1) is 5.92 Å². The fraction of sp³-hybridized carbons (Fsp3) is 0.933. The van der Waals surface area contributed by atoms with Crippen molar-refractivity contribution in [2.45, 2.75) is 70.6 Å². The standard InChI is InChI=1S/C15H28N2O2/c1-11(2)14(17-12-7-9-16-10-8-12)15(18)19-13-5-3-4-6-13/h11-14,16-17H,3-10H2,1-2H3/t14-/m0/s1. The van der Waals surface area contributed by atoms with E-state index >= 15 is 0 Å². The second-order valence-corrected chi connectivity index (χ2v) is 6.26. The van der Waals surface area contributed by atoms with Gasteiger partial charge in [-0.05, 0) is 57.5 Å². The molecular formula is C15H28N2O2. The quantitative estimate of drug-likeness (QED) is 0.747. The highest BCUT2D eigenvalue weighted by atomic mass is 16.5. The van der Waals surface area contributed by atoms with E-state index in [1.54, 1.807) is 0 Å². The molecule has 1 heterocycles. The van der Waals surface area contributed by atoms with E-state index < -0.39 is 0 Å². The normalized spacial score (nSPS) is 23.7. The second kappa shape index (κ2) is 7.25. The smallest absolute Gasteiger partial charge is 0.323 e. The van der Waals surface area contributed by atoms with Crippen LogP contribution in [0.2, 0.25) is 0 Å². The first-order valence-corrected chi connectivity index (χ1v) is 7.84.